The first-order valence-corrected chi connectivity index (χ1v) is 13.4. The van der Waals surface area contributed by atoms with Gasteiger partial charge < -0.3 is 15.4 Å². The average Bonchev–Trinajstić information content (AvgIpc) is 2.98. The van der Waals surface area contributed by atoms with Crippen molar-refractivity contribution in [2.75, 3.05) is 5.32 Å². The molecule has 0 bridgehead atoms. The first kappa shape index (κ1) is 25.3. The molecule has 1 aromatic heterocycles. The number of carbonyl (C=O) groups is 2. The van der Waals surface area contributed by atoms with Gasteiger partial charge in [-0.15, -0.1) is 0 Å². The SMILES string of the molecule is CC1=C(C(=O)Nc2cccnc2)C(c2cccc(Oc3ccccc3)c2)C2=C(CC(c3ccccc3)CC2=O)N1. The number of aromatic nitrogens is 1. The number of dihydropyridines is 1. The number of allylic oxidation sites excluding steroid dienone is 3. The Bertz CT molecular complexity index is 1610. The van der Waals surface area contributed by atoms with E-state index < -0.39 is 5.92 Å². The number of carbonyl (C=O) groups excluding carboxylic acids is 2. The van der Waals surface area contributed by atoms with Crippen LogP contribution in [0.4, 0.5) is 5.69 Å². The van der Waals surface area contributed by atoms with Crippen molar-refractivity contribution in [2.45, 2.75) is 31.6 Å². The van der Waals surface area contributed by atoms with Gasteiger partial charge >= 0.3 is 0 Å². The molecule has 4 aromatic rings. The van der Waals surface area contributed by atoms with Crippen LogP contribution < -0.4 is 15.4 Å². The average molecular weight is 528 g/mol. The lowest BCUT2D eigenvalue weighted by Gasteiger charge is -2.37. The molecule has 198 valence electrons. The maximum absolute atomic E-state index is 13.9. The van der Waals surface area contributed by atoms with Crippen molar-refractivity contribution in [1.82, 2.24) is 10.3 Å². The Kier molecular flexibility index (Phi) is 6.98. The van der Waals surface area contributed by atoms with Crippen molar-refractivity contribution < 1.29 is 14.3 Å². The van der Waals surface area contributed by atoms with Crippen molar-refractivity contribution in [3.05, 3.63) is 143 Å². The summed E-state index contributed by atoms with van der Waals surface area (Å²) in [4.78, 5) is 31.8. The van der Waals surface area contributed by atoms with Crippen LogP contribution in [-0.4, -0.2) is 16.7 Å². The summed E-state index contributed by atoms with van der Waals surface area (Å²) < 4.78 is 6.12. The fourth-order valence-corrected chi connectivity index (χ4v) is 5.65. The monoisotopic (exact) mass is 527 g/mol. The molecular weight excluding hydrogens is 498 g/mol. The smallest absolute Gasteiger partial charge is 0.254 e. The van der Waals surface area contributed by atoms with E-state index in [0.717, 1.165) is 22.5 Å². The Morgan fingerprint density at radius 3 is 2.35 bits per heavy atom. The number of amides is 1. The molecule has 2 atom stereocenters. The molecule has 1 amide bonds. The number of benzene rings is 3. The third-order valence-electron chi connectivity index (χ3n) is 7.43. The van der Waals surface area contributed by atoms with Gasteiger partial charge in [-0.05, 0) is 66.8 Å². The number of para-hydroxylation sites is 1. The van der Waals surface area contributed by atoms with Crippen molar-refractivity contribution in [3.8, 4) is 11.5 Å². The third kappa shape index (κ3) is 5.16. The van der Waals surface area contributed by atoms with Crippen molar-refractivity contribution in [2.24, 2.45) is 0 Å². The van der Waals surface area contributed by atoms with E-state index in [-0.39, 0.29) is 17.6 Å². The van der Waals surface area contributed by atoms with Gasteiger partial charge in [0.05, 0.1) is 11.9 Å². The van der Waals surface area contributed by atoms with Crippen LogP contribution >= 0.6 is 0 Å². The normalized spacial score (nSPS) is 18.6. The molecule has 2 heterocycles. The summed E-state index contributed by atoms with van der Waals surface area (Å²) in [6.45, 7) is 1.90. The minimum absolute atomic E-state index is 0.0427. The van der Waals surface area contributed by atoms with Gasteiger partial charge in [-0.3, -0.25) is 14.6 Å². The third-order valence-corrected chi connectivity index (χ3v) is 7.43. The highest BCUT2D eigenvalue weighted by molar-refractivity contribution is 6.10. The van der Waals surface area contributed by atoms with Crippen LogP contribution in [-0.2, 0) is 9.59 Å². The fraction of sp³-hybridized carbons (Fsp3) is 0.147. The highest BCUT2D eigenvalue weighted by Gasteiger charge is 2.41. The molecule has 2 N–H and O–H groups in total. The van der Waals surface area contributed by atoms with Crippen molar-refractivity contribution in [1.29, 1.82) is 0 Å². The van der Waals surface area contributed by atoms with E-state index in [9.17, 15) is 9.59 Å². The molecule has 0 saturated heterocycles. The molecular formula is C34H29N3O3. The number of anilines is 1. The molecule has 1 aliphatic carbocycles. The van der Waals surface area contributed by atoms with Crippen LogP contribution in [0.3, 0.4) is 0 Å². The number of hydrogen-bond donors (Lipinski definition) is 2. The zero-order chi connectivity index (χ0) is 27.5. The number of hydrogen-bond acceptors (Lipinski definition) is 5. The van der Waals surface area contributed by atoms with Crippen molar-refractivity contribution >= 4 is 17.4 Å². The minimum Gasteiger partial charge on any atom is -0.457 e. The van der Waals surface area contributed by atoms with E-state index in [1.807, 2.05) is 79.7 Å². The Balaban J connectivity index is 1.41. The Labute approximate surface area is 233 Å². The first-order valence-electron chi connectivity index (χ1n) is 13.4. The topological polar surface area (TPSA) is 80.3 Å². The van der Waals surface area contributed by atoms with E-state index in [1.165, 1.54) is 0 Å². The Hall–Kier alpha value is -4.97. The predicted molar refractivity (Wildman–Crippen MR) is 155 cm³/mol. The van der Waals surface area contributed by atoms with Gasteiger partial charge in [0.2, 0.25) is 0 Å². The highest BCUT2D eigenvalue weighted by Crippen LogP contribution is 2.46. The van der Waals surface area contributed by atoms with E-state index in [4.69, 9.17) is 4.74 Å². The van der Waals surface area contributed by atoms with Gasteiger partial charge in [0.25, 0.3) is 5.91 Å². The van der Waals surface area contributed by atoms with E-state index in [0.29, 0.717) is 41.2 Å². The van der Waals surface area contributed by atoms with Gasteiger partial charge in [-0.25, -0.2) is 0 Å². The van der Waals surface area contributed by atoms with Crippen LogP contribution in [0.2, 0.25) is 0 Å². The number of rotatable bonds is 6. The van der Waals surface area contributed by atoms with E-state index in [2.05, 4.69) is 27.8 Å². The number of ether oxygens (including phenoxy) is 1. The molecule has 1 aliphatic heterocycles. The number of ketones is 1. The summed E-state index contributed by atoms with van der Waals surface area (Å²) in [6.07, 6.45) is 4.34. The predicted octanol–water partition coefficient (Wildman–Crippen LogP) is 6.87. The molecule has 40 heavy (non-hydrogen) atoms. The van der Waals surface area contributed by atoms with Crippen LogP contribution in [0, 0.1) is 0 Å². The van der Waals surface area contributed by atoms with Crippen LogP contribution in [0.5, 0.6) is 11.5 Å². The highest BCUT2D eigenvalue weighted by atomic mass is 16.5. The molecule has 2 unspecified atom stereocenters. The molecule has 0 saturated carbocycles. The molecule has 0 radical (unpaired) electrons. The number of nitrogens with one attached hydrogen (secondary N) is 2. The maximum atomic E-state index is 13.9. The summed E-state index contributed by atoms with van der Waals surface area (Å²) in [5.41, 5.74) is 5.30. The van der Waals surface area contributed by atoms with Gasteiger partial charge in [0.1, 0.15) is 11.5 Å². The standard InChI is InChI=1S/C34H29N3O3/c1-22-31(34(39)37-26-13-9-17-35-21-26)32(24-12-8-16-28(18-24)40-27-14-6-3-7-15-27)33-29(36-22)19-25(20-30(33)38)23-10-4-2-5-11-23/h2-18,21,25,32,36H,19-20H2,1H3,(H,37,39). The van der Waals surface area contributed by atoms with Crippen LogP contribution in [0.1, 0.15) is 42.7 Å². The molecule has 6 nitrogen and oxygen atoms in total. The summed E-state index contributed by atoms with van der Waals surface area (Å²) >= 11 is 0. The zero-order valence-corrected chi connectivity index (χ0v) is 22.1. The maximum Gasteiger partial charge on any atom is 0.254 e. The quantitative estimate of drug-likeness (QED) is 0.286. The largest absolute Gasteiger partial charge is 0.457 e. The van der Waals surface area contributed by atoms with E-state index in [1.54, 1.807) is 24.5 Å². The lowest BCUT2D eigenvalue weighted by Crippen LogP contribution is -2.37. The lowest BCUT2D eigenvalue weighted by atomic mass is 9.71. The second kappa shape index (κ2) is 11.0. The summed E-state index contributed by atoms with van der Waals surface area (Å²) in [5, 5.41) is 6.43. The summed E-state index contributed by atoms with van der Waals surface area (Å²) in [5.74, 6) is 0.650. The van der Waals surface area contributed by atoms with E-state index >= 15 is 0 Å². The molecule has 2 aliphatic rings. The Morgan fingerprint density at radius 1 is 0.875 bits per heavy atom. The van der Waals surface area contributed by atoms with Crippen LogP contribution in [0.25, 0.3) is 0 Å². The van der Waals surface area contributed by atoms with Crippen molar-refractivity contribution in [3.63, 3.8) is 0 Å². The minimum atomic E-state index is -0.545. The van der Waals surface area contributed by atoms with Gasteiger partial charge in [-0.2, -0.15) is 0 Å². The second-order valence-electron chi connectivity index (χ2n) is 10.1. The zero-order valence-electron chi connectivity index (χ0n) is 22.1. The van der Waals surface area contributed by atoms with Crippen LogP contribution in [0.15, 0.2) is 132 Å². The molecule has 6 rings (SSSR count). The number of pyridine rings is 1. The molecule has 0 spiro atoms. The lowest BCUT2D eigenvalue weighted by molar-refractivity contribution is -0.116. The molecule has 0 fully saturated rings. The summed E-state index contributed by atoms with van der Waals surface area (Å²) in [6, 6.07) is 30.9. The Morgan fingerprint density at radius 2 is 1.60 bits per heavy atom. The van der Waals surface area contributed by atoms with Gasteiger partial charge in [0, 0.05) is 41.1 Å². The molecule has 6 heteroatoms. The second-order valence-corrected chi connectivity index (χ2v) is 10.1. The first-order chi connectivity index (χ1) is 19.6. The number of Topliss-reactive ketones (excluding diaryl/α,β-unsaturated/α-hetero) is 1. The fourth-order valence-electron chi connectivity index (χ4n) is 5.65. The summed E-state index contributed by atoms with van der Waals surface area (Å²) in [7, 11) is 0. The van der Waals surface area contributed by atoms with Gasteiger partial charge in [0.15, 0.2) is 5.78 Å². The number of nitrogens with zero attached hydrogens (tertiary/aromatic N) is 1. The van der Waals surface area contributed by atoms with Gasteiger partial charge in [-0.1, -0.05) is 60.7 Å². The molecule has 3 aromatic carbocycles.